The summed E-state index contributed by atoms with van der Waals surface area (Å²) in [5, 5.41) is 2.41. The summed E-state index contributed by atoms with van der Waals surface area (Å²) in [6, 6.07) is 1.91. The Kier molecular flexibility index (Phi) is 3.78. The predicted molar refractivity (Wildman–Crippen MR) is 65.3 cm³/mol. The number of rotatable bonds is 3. The van der Waals surface area contributed by atoms with E-state index in [4.69, 9.17) is 4.74 Å². The lowest BCUT2D eigenvalue weighted by molar-refractivity contribution is -0.123. The molecule has 1 aliphatic rings. The molecule has 0 atom stereocenters. The minimum atomic E-state index is -0.395. The minimum Gasteiger partial charge on any atom is -0.451 e. The molecule has 0 unspecified atom stereocenters. The lowest BCUT2D eigenvalue weighted by atomic mass is 9.99. The zero-order valence-corrected chi connectivity index (χ0v) is 10.6. The van der Waals surface area contributed by atoms with Crippen LogP contribution in [0.5, 0.6) is 0 Å². The normalized spacial score (nSPS) is 13.9. The Hall–Kier alpha value is -1.36. The van der Waals surface area contributed by atoms with Crippen molar-refractivity contribution in [3.8, 4) is 0 Å². The van der Waals surface area contributed by atoms with Crippen molar-refractivity contribution in [2.24, 2.45) is 0 Å². The van der Waals surface area contributed by atoms with E-state index in [1.807, 2.05) is 6.07 Å². The van der Waals surface area contributed by atoms with Crippen LogP contribution in [-0.4, -0.2) is 25.5 Å². The highest BCUT2D eigenvalue weighted by atomic mass is 32.1. The Labute approximate surface area is 104 Å². The number of aryl methyl sites for hydroxylation is 2. The quantitative estimate of drug-likeness (QED) is 0.831. The van der Waals surface area contributed by atoms with Crippen molar-refractivity contribution in [1.82, 2.24) is 5.32 Å². The maximum absolute atomic E-state index is 11.7. The molecule has 5 heteroatoms. The molecule has 1 heterocycles. The molecule has 17 heavy (non-hydrogen) atoms. The van der Waals surface area contributed by atoms with E-state index in [-0.39, 0.29) is 12.5 Å². The summed E-state index contributed by atoms with van der Waals surface area (Å²) in [5.74, 6) is -0.687. The first-order chi connectivity index (χ1) is 8.20. The molecule has 0 fully saturated rings. The molecule has 0 saturated heterocycles. The van der Waals surface area contributed by atoms with E-state index in [2.05, 4.69) is 5.32 Å². The zero-order valence-electron chi connectivity index (χ0n) is 9.75. The van der Waals surface area contributed by atoms with Crippen LogP contribution < -0.4 is 5.32 Å². The molecule has 0 bridgehead atoms. The monoisotopic (exact) mass is 253 g/mol. The summed E-state index contributed by atoms with van der Waals surface area (Å²) in [5.41, 5.74) is 1.27. The fourth-order valence-corrected chi connectivity index (χ4v) is 3.01. The number of nitrogens with one attached hydrogen (secondary N) is 1. The van der Waals surface area contributed by atoms with Gasteiger partial charge in [-0.3, -0.25) is 4.79 Å². The molecule has 92 valence electrons. The number of thiophene rings is 1. The average Bonchev–Trinajstić information content (AvgIpc) is 2.79. The first kappa shape index (κ1) is 12.1. The largest absolute Gasteiger partial charge is 0.451 e. The van der Waals surface area contributed by atoms with Gasteiger partial charge in [-0.1, -0.05) is 0 Å². The summed E-state index contributed by atoms with van der Waals surface area (Å²) < 4.78 is 4.92. The van der Waals surface area contributed by atoms with Crippen molar-refractivity contribution in [3.05, 3.63) is 21.4 Å². The number of esters is 1. The first-order valence-corrected chi connectivity index (χ1v) is 6.51. The van der Waals surface area contributed by atoms with Gasteiger partial charge in [-0.2, -0.15) is 0 Å². The highest BCUT2D eigenvalue weighted by Crippen LogP contribution is 2.29. The molecule has 1 N–H and O–H groups in total. The van der Waals surface area contributed by atoms with E-state index in [9.17, 15) is 9.59 Å². The summed E-state index contributed by atoms with van der Waals surface area (Å²) >= 11 is 1.50. The number of ether oxygens (including phenoxy) is 1. The first-order valence-electron chi connectivity index (χ1n) is 5.70. The Balaban J connectivity index is 1.99. The van der Waals surface area contributed by atoms with Crippen LogP contribution >= 0.6 is 11.3 Å². The zero-order chi connectivity index (χ0) is 12.3. The van der Waals surface area contributed by atoms with Crippen LogP contribution in [0.25, 0.3) is 0 Å². The number of carbonyl (C=O) groups excluding carboxylic acids is 2. The van der Waals surface area contributed by atoms with Gasteiger partial charge in [0.25, 0.3) is 5.91 Å². The second-order valence-electron chi connectivity index (χ2n) is 4.02. The fourth-order valence-electron chi connectivity index (χ4n) is 1.87. The van der Waals surface area contributed by atoms with Crippen molar-refractivity contribution in [3.63, 3.8) is 0 Å². The standard InChI is InChI=1S/C12H15NO3S/c1-13-11(14)7-16-12(15)10-6-8-4-2-3-5-9(8)17-10/h6H,2-5,7H2,1H3,(H,13,14). The maximum Gasteiger partial charge on any atom is 0.348 e. The molecule has 0 spiro atoms. The van der Waals surface area contributed by atoms with E-state index in [0.29, 0.717) is 4.88 Å². The summed E-state index contributed by atoms with van der Waals surface area (Å²) in [6.07, 6.45) is 4.49. The smallest absolute Gasteiger partial charge is 0.348 e. The van der Waals surface area contributed by atoms with Gasteiger partial charge < -0.3 is 10.1 Å². The highest BCUT2D eigenvalue weighted by Gasteiger charge is 2.18. The second-order valence-corrected chi connectivity index (χ2v) is 5.15. The van der Waals surface area contributed by atoms with Gasteiger partial charge >= 0.3 is 5.97 Å². The Bertz CT molecular complexity index is 415. The Morgan fingerprint density at radius 3 is 2.88 bits per heavy atom. The molecule has 1 aliphatic carbocycles. The van der Waals surface area contributed by atoms with Crippen LogP contribution in [0.15, 0.2) is 6.07 Å². The van der Waals surface area contributed by atoms with Gasteiger partial charge in [0.2, 0.25) is 0 Å². The molecular weight excluding hydrogens is 238 g/mol. The van der Waals surface area contributed by atoms with E-state index in [1.54, 1.807) is 0 Å². The van der Waals surface area contributed by atoms with Gasteiger partial charge in [0.05, 0.1) is 0 Å². The maximum atomic E-state index is 11.7. The van der Waals surface area contributed by atoms with Gasteiger partial charge in [0.15, 0.2) is 6.61 Å². The van der Waals surface area contributed by atoms with Crippen LogP contribution in [0.3, 0.4) is 0 Å². The van der Waals surface area contributed by atoms with Gasteiger partial charge in [-0.15, -0.1) is 11.3 Å². The SMILES string of the molecule is CNC(=O)COC(=O)c1cc2c(s1)CCCC2. The third-order valence-corrected chi connectivity index (χ3v) is 4.03. The summed E-state index contributed by atoms with van der Waals surface area (Å²) in [6.45, 7) is -0.210. The third-order valence-electron chi connectivity index (χ3n) is 2.81. The van der Waals surface area contributed by atoms with Crippen molar-refractivity contribution in [2.75, 3.05) is 13.7 Å². The van der Waals surface area contributed by atoms with Crippen molar-refractivity contribution in [1.29, 1.82) is 0 Å². The molecule has 0 radical (unpaired) electrons. The van der Waals surface area contributed by atoms with E-state index in [1.165, 1.54) is 41.7 Å². The van der Waals surface area contributed by atoms with Crippen LogP contribution in [0.1, 0.15) is 33.0 Å². The fraction of sp³-hybridized carbons (Fsp3) is 0.500. The Morgan fingerprint density at radius 2 is 2.18 bits per heavy atom. The third kappa shape index (κ3) is 2.85. The van der Waals surface area contributed by atoms with Crippen LogP contribution in [0.4, 0.5) is 0 Å². The predicted octanol–water partition coefficient (Wildman–Crippen LogP) is 1.53. The van der Waals surface area contributed by atoms with Crippen molar-refractivity contribution < 1.29 is 14.3 Å². The lowest BCUT2D eigenvalue weighted by Crippen LogP contribution is -2.24. The number of fused-ring (bicyclic) bond motifs is 1. The number of likely N-dealkylation sites (N-methyl/N-ethyl adjacent to an activating group) is 1. The van der Waals surface area contributed by atoms with Crippen molar-refractivity contribution >= 4 is 23.2 Å². The average molecular weight is 253 g/mol. The second kappa shape index (κ2) is 5.31. The van der Waals surface area contributed by atoms with Gasteiger partial charge in [0, 0.05) is 11.9 Å². The molecule has 0 aliphatic heterocycles. The number of amides is 1. The summed E-state index contributed by atoms with van der Waals surface area (Å²) in [7, 11) is 1.51. The topological polar surface area (TPSA) is 55.4 Å². The Morgan fingerprint density at radius 1 is 1.41 bits per heavy atom. The van der Waals surface area contributed by atoms with Crippen LogP contribution in [-0.2, 0) is 22.4 Å². The van der Waals surface area contributed by atoms with E-state index >= 15 is 0 Å². The molecule has 0 saturated carbocycles. The molecule has 1 aromatic rings. The van der Waals surface area contributed by atoms with E-state index < -0.39 is 5.97 Å². The molecule has 4 nitrogen and oxygen atoms in total. The molecule has 0 aromatic carbocycles. The molecule has 2 rings (SSSR count). The molecular formula is C12H15NO3S. The molecule has 1 amide bonds. The number of carbonyl (C=O) groups is 2. The lowest BCUT2D eigenvalue weighted by Gasteiger charge is -2.08. The summed E-state index contributed by atoms with van der Waals surface area (Å²) in [4.78, 5) is 24.6. The van der Waals surface area contributed by atoms with Gasteiger partial charge in [-0.05, 0) is 37.3 Å². The number of hydrogen-bond acceptors (Lipinski definition) is 4. The van der Waals surface area contributed by atoms with Gasteiger partial charge in [0.1, 0.15) is 4.88 Å². The van der Waals surface area contributed by atoms with Gasteiger partial charge in [-0.25, -0.2) is 4.79 Å². The van der Waals surface area contributed by atoms with Crippen LogP contribution in [0.2, 0.25) is 0 Å². The number of hydrogen-bond donors (Lipinski definition) is 1. The minimum absolute atomic E-state index is 0.210. The highest BCUT2D eigenvalue weighted by molar-refractivity contribution is 7.14. The van der Waals surface area contributed by atoms with Crippen molar-refractivity contribution in [2.45, 2.75) is 25.7 Å². The molecule has 1 aromatic heterocycles. The van der Waals surface area contributed by atoms with E-state index in [0.717, 1.165) is 12.8 Å². The van der Waals surface area contributed by atoms with Crippen LogP contribution in [0, 0.1) is 0 Å².